The fourth-order valence-electron chi connectivity index (χ4n) is 1.63. The number of carbonyl (C=O) groups excluding carboxylic acids is 1. The van der Waals surface area contributed by atoms with Gasteiger partial charge in [0.15, 0.2) is 0 Å². The second-order valence-corrected chi connectivity index (χ2v) is 3.97. The number of esters is 1. The summed E-state index contributed by atoms with van der Waals surface area (Å²) in [6.07, 6.45) is 4.85. The average molecular weight is 200 g/mol. The molecule has 0 bridgehead atoms. The molecule has 0 aliphatic carbocycles. The molecule has 0 aliphatic rings. The Balaban J connectivity index is 3.72. The molecule has 0 aromatic rings. The molecule has 0 radical (unpaired) electrons. The van der Waals surface area contributed by atoms with E-state index in [1.54, 1.807) is 0 Å². The van der Waals surface area contributed by atoms with Crippen molar-refractivity contribution in [2.24, 2.45) is 5.92 Å². The molecule has 0 saturated heterocycles. The van der Waals surface area contributed by atoms with Crippen molar-refractivity contribution in [3.63, 3.8) is 0 Å². The first-order chi connectivity index (χ1) is 6.63. The average Bonchev–Trinajstić information content (AvgIpc) is 2.14. The number of rotatable bonds is 7. The SMILES string of the molecule is CCCC(=O)OC(C)CC(CC)CC. The van der Waals surface area contributed by atoms with Gasteiger partial charge in [-0.2, -0.15) is 0 Å². The van der Waals surface area contributed by atoms with Crippen molar-refractivity contribution in [3.8, 4) is 0 Å². The van der Waals surface area contributed by atoms with Crippen LogP contribution in [0.5, 0.6) is 0 Å². The zero-order valence-electron chi connectivity index (χ0n) is 10.0. The molecule has 0 aromatic heterocycles. The predicted molar refractivity (Wildman–Crippen MR) is 59.2 cm³/mol. The van der Waals surface area contributed by atoms with Gasteiger partial charge in [0.2, 0.25) is 0 Å². The van der Waals surface area contributed by atoms with Crippen LogP contribution in [0.3, 0.4) is 0 Å². The summed E-state index contributed by atoms with van der Waals surface area (Å²) in [7, 11) is 0. The Morgan fingerprint density at radius 2 is 1.79 bits per heavy atom. The van der Waals surface area contributed by atoms with Crippen molar-refractivity contribution in [2.45, 2.75) is 65.9 Å². The third-order valence-corrected chi connectivity index (χ3v) is 2.61. The molecule has 0 aliphatic heterocycles. The number of carbonyl (C=O) groups is 1. The molecule has 1 atom stereocenters. The van der Waals surface area contributed by atoms with Gasteiger partial charge in [0.25, 0.3) is 0 Å². The second kappa shape index (κ2) is 7.84. The lowest BCUT2D eigenvalue weighted by Crippen LogP contribution is -2.17. The minimum Gasteiger partial charge on any atom is -0.463 e. The van der Waals surface area contributed by atoms with Gasteiger partial charge < -0.3 is 4.74 Å². The third kappa shape index (κ3) is 6.01. The summed E-state index contributed by atoms with van der Waals surface area (Å²) in [6, 6.07) is 0. The molecule has 0 fully saturated rings. The molecule has 0 aromatic carbocycles. The Morgan fingerprint density at radius 3 is 2.21 bits per heavy atom. The standard InChI is InChI=1S/C12H24O2/c1-5-8-12(13)14-10(4)9-11(6-2)7-3/h10-11H,5-9H2,1-4H3. The maximum atomic E-state index is 11.2. The molecule has 0 rings (SSSR count). The summed E-state index contributed by atoms with van der Waals surface area (Å²) < 4.78 is 5.29. The van der Waals surface area contributed by atoms with Crippen molar-refractivity contribution in [2.75, 3.05) is 0 Å². The topological polar surface area (TPSA) is 26.3 Å². The molecule has 2 heteroatoms. The molecular weight excluding hydrogens is 176 g/mol. The summed E-state index contributed by atoms with van der Waals surface area (Å²) in [5.74, 6) is 0.644. The number of hydrogen-bond acceptors (Lipinski definition) is 2. The van der Waals surface area contributed by atoms with Crippen LogP contribution < -0.4 is 0 Å². The van der Waals surface area contributed by atoms with Crippen molar-refractivity contribution in [1.29, 1.82) is 0 Å². The molecule has 0 heterocycles. The lowest BCUT2D eigenvalue weighted by atomic mass is 9.97. The van der Waals surface area contributed by atoms with Gasteiger partial charge in [-0.1, -0.05) is 33.6 Å². The lowest BCUT2D eigenvalue weighted by Gasteiger charge is -2.18. The second-order valence-electron chi connectivity index (χ2n) is 3.97. The molecule has 14 heavy (non-hydrogen) atoms. The van der Waals surface area contributed by atoms with E-state index in [2.05, 4.69) is 13.8 Å². The van der Waals surface area contributed by atoms with Gasteiger partial charge in [0, 0.05) is 6.42 Å². The van der Waals surface area contributed by atoms with Crippen LogP contribution in [0.4, 0.5) is 0 Å². The van der Waals surface area contributed by atoms with Crippen LogP contribution in [0.2, 0.25) is 0 Å². The molecule has 2 nitrogen and oxygen atoms in total. The predicted octanol–water partition coefficient (Wildman–Crippen LogP) is 3.54. The van der Waals surface area contributed by atoms with Crippen LogP contribution in [0.15, 0.2) is 0 Å². The van der Waals surface area contributed by atoms with E-state index in [0.29, 0.717) is 12.3 Å². The van der Waals surface area contributed by atoms with E-state index in [4.69, 9.17) is 4.74 Å². The quantitative estimate of drug-likeness (QED) is 0.587. The normalized spacial score (nSPS) is 12.9. The van der Waals surface area contributed by atoms with Gasteiger partial charge in [-0.05, 0) is 25.7 Å². The highest BCUT2D eigenvalue weighted by atomic mass is 16.5. The fourth-order valence-corrected chi connectivity index (χ4v) is 1.63. The molecule has 0 N–H and O–H groups in total. The van der Waals surface area contributed by atoms with Crippen LogP contribution in [-0.4, -0.2) is 12.1 Å². The Kier molecular flexibility index (Phi) is 7.54. The van der Waals surface area contributed by atoms with Crippen molar-refractivity contribution >= 4 is 5.97 Å². The Morgan fingerprint density at radius 1 is 1.21 bits per heavy atom. The smallest absolute Gasteiger partial charge is 0.306 e. The molecule has 0 spiro atoms. The van der Waals surface area contributed by atoms with E-state index < -0.39 is 0 Å². The first-order valence-corrected chi connectivity index (χ1v) is 5.83. The summed E-state index contributed by atoms with van der Waals surface area (Å²) in [6.45, 7) is 8.36. The van der Waals surface area contributed by atoms with Crippen LogP contribution >= 0.6 is 0 Å². The van der Waals surface area contributed by atoms with Gasteiger partial charge in [-0.15, -0.1) is 0 Å². The van der Waals surface area contributed by atoms with Crippen LogP contribution in [0.25, 0.3) is 0 Å². The van der Waals surface area contributed by atoms with Gasteiger partial charge in [0.05, 0.1) is 6.10 Å². The molecule has 1 unspecified atom stereocenters. The maximum absolute atomic E-state index is 11.2. The van der Waals surface area contributed by atoms with Crippen LogP contribution in [0, 0.1) is 5.92 Å². The van der Waals surface area contributed by atoms with E-state index >= 15 is 0 Å². The summed E-state index contributed by atoms with van der Waals surface area (Å²) >= 11 is 0. The van der Waals surface area contributed by atoms with Gasteiger partial charge >= 0.3 is 5.97 Å². The Bertz CT molecular complexity index is 150. The Labute approximate surface area is 88.0 Å². The van der Waals surface area contributed by atoms with Gasteiger partial charge in [-0.3, -0.25) is 4.79 Å². The minimum atomic E-state index is -0.0500. The van der Waals surface area contributed by atoms with E-state index in [-0.39, 0.29) is 12.1 Å². The zero-order valence-corrected chi connectivity index (χ0v) is 10.0. The third-order valence-electron chi connectivity index (χ3n) is 2.61. The number of ether oxygens (including phenoxy) is 1. The zero-order chi connectivity index (χ0) is 11.0. The highest BCUT2D eigenvalue weighted by molar-refractivity contribution is 5.69. The molecular formula is C12H24O2. The number of hydrogen-bond donors (Lipinski definition) is 0. The molecule has 84 valence electrons. The van der Waals surface area contributed by atoms with Crippen molar-refractivity contribution in [3.05, 3.63) is 0 Å². The summed E-state index contributed by atoms with van der Waals surface area (Å²) in [4.78, 5) is 11.2. The van der Waals surface area contributed by atoms with E-state index in [1.165, 1.54) is 12.8 Å². The molecule has 0 amide bonds. The summed E-state index contributed by atoms with van der Waals surface area (Å²) in [5.41, 5.74) is 0. The lowest BCUT2D eigenvalue weighted by molar-refractivity contribution is -0.149. The van der Waals surface area contributed by atoms with Crippen molar-refractivity contribution < 1.29 is 9.53 Å². The van der Waals surface area contributed by atoms with Crippen LogP contribution in [0.1, 0.15) is 59.8 Å². The van der Waals surface area contributed by atoms with E-state index in [0.717, 1.165) is 12.8 Å². The monoisotopic (exact) mass is 200 g/mol. The van der Waals surface area contributed by atoms with Gasteiger partial charge in [-0.25, -0.2) is 0 Å². The largest absolute Gasteiger partial charge is 0.463 e. The molecule has 0 saturated carbocycles. The van der Waals surface area contributed by atoms with Crippen LogP contribution in [-0.2, 0) is 9.53 Å². The minimum absolute atomic E-state index is 0.0500. The summed E-state index contributed by atoms with van der Waals surface area (Å²) in [5, 5.41) is 0. The Hall–Kier alpha value is -0.530. The van der Waals surface area contributed by atoms with Gasteiger partial charge in [0.1, 0.15) is 0 Å². The maximum Gasteiger partial charge on any atom is 0.306 e. The first kappa shape index (κ1) is 13.5. The fraction of sp³-hybridized carbons (Fsp3) is 0.917. The first-order valence-electron chi connectivity index (χ1n) is 5.83. The highest BCUT2D eigenvalue weighted by Gasteiger charge is 2.13. The van der Waals surface area contributed by atoms with E-state index in [1.807, 2.05) is 13.8 Å². The highest BCUT2D eigenvalue weighted by Crippen LogP contribution is 2.16. The van der Waals surface area contributed by atoms with Crippen molar-refractivity contribution in [1.82, 2.24) is 0 Å². The van der Waals surface area contributed by atoms with E-state index in [9.17, 15) is 4.79 Å².